The van der Waals surface area contributed by atoms with Crippen LogP contribution in [0.5, 0.6) is 0 Å². The maximum absolute atomic E-state index is 12.2. The second kappa shape index (κ2) is 10.3. The maximum atomic E-state index is 12.2. The van der Waals surface area contributed by atoms with E-state index >= 15 is 0 Å². The van der Waals surface area contributed by atoms with Crippen molar-refractivity contribution in [1.82, 2.24) is 0 Å². The van der Waals surface area contributed by atoms with Crippen LogP contribution in [-0.4, -0.2) is 51.7 Å². The first-order valence-electron chi connectivity index (χ1n) is 8.95. The minimum absolute atomic E-state index is 0.0877. The number of rotatable bonds is 9. The van der Waals surface area contributed by atoms with Crippen LogP contribution < -0.4 is 10.6 Å². The van der Waals surface area contributed by atoms with Crippen molar-refractivity contribution in [3.8, 4) is 0 Å². The number of hydrogen-bond acceptors (Lipinski definition) is 6. The molecule has 0 atom stereocenters. The quantitative estimate of drug-likeness (QED) is 0.619. The van der Waals surface area contributed by atoms with E-state index in [0.29, 0.717) is 30.8 Å². The molecular weight excluding hydrogens is 372 g/mol. The van der Waals surface area contributed by atoms with Gasteiger partial charge in [0.2, 0.25) is 5.91 Å². The highest BCUT2D eigenvalue weighted by atomic mass is 32.2. The monoisotopic (exact) mass is 398 g/mol. The fourth-order valence-corrected chi connectivity index (χ4v) is 4.77. The number of hydrogen-bond donors (Lipinski definition) is 2. The van der Waals surface area contributed by atoms with Gasteiger partial charge in [0.25, 0.3) is 0 Å². The Labute approximate surface area is 159 Å². The molecule has 1 fully saturated rings. The first-order chi connectivity index (χ1) is 12.9. The lowest BCUT2D eigenvalue weighted by Crippen LogP contribution is -2.24. The molecule has 27 heavy (non-hydrogen) atoms. The second-order valence-electron chi connectivity index (χ2n) is 6.41. The Hall–Kier alpha value is -2.13. The van der Waals surface area contributed by atoms with Crippen molar-refractivity contribution in [2.24, 2.45) is 0 Å². The zero-order chi connectivity index (χ0) is 19.7. The molecule has 150 valence electrons. The molecule has 0 aromatic heterocycles. The summed E-state index contributed by atoms with van der Waals surface area (Å²) in [5.41, 5.74) is 0.918. The first-order valence-corrected chi connectivity index (χ1v) is 10.7. The zero-order valence-corrected chi connectivity index (χ0v) is 16.2. The van der Waals surface area contributed by atoms with Crippen molar-refractivity contribution in [2.75, 3.05) is 36.7 Å². The van der Waals surface area contributed by atoms with Crippen LogP contribution in [-0.2, 0) is 24.1 Å². The zero-order valence-electron chi connectivity index (χ0n) is 15.4. The summed E-state index contributed by atoms with van der Waals surface area (Å²) >= 11 is 0. The van der Waals surface area contributed by atoms with Gasteiger partial charge in [0.15, 0.2) is 9.84 Å². The van der Waals surface area contributed by atoms with E-state index < -0.39 is 15.9 Å². The lowest BCUT2D eigenvalue weighted by atomic mass is 10.2. The molecule has 1 aliphatic carbocycles. The van der Waals surface area contributed by atoms with Gasteiger partial charge in [0.05, 0.1) is 17.6 Å². The average molecular weight is 398 g/mol. The minimum atomic E-state index is -3.23. The molecule has 1 aromatic rings. The molecule has 0 saturated heterocycles. The van der Waals surface area contributed by atoms with E-state index in [9.17, 15) is 18.0 Å². The number of ether oxygens (including phenoxy) is 2. The number of carbonyl (C=O) groups is 2. The molecule has 2 N–H and O–H groups in total. The van der Waals surface area contributed by atoms with Gasteiger partial charge in [-0.25, -0.2) is 13.2 Å². The van der Waals surface area contributed by atoms with Crippen LogP contribution in [0.3, 0.4) is 0 Å². The van der Waals surface area contributed by atoms with Gasteiger partial charge in [0, 0.05) is 24.9 Å². The number of nitrogens with one attached hydrogen (secondary N) is 2. The lowest BCUT2D eigenvalue weighted by Gasteiger charge is -2.11. The average Bonchev–Trinajstić information content (AvgIpc) is 3.16. The third-order valence-electron chi connectivity index (χ3n) is 4.34. The number of benzene rings is 1. The van der Waals surface area contributed by atoms with E-state index in [2.05, 4.69) is 10.6 Å². The summed E-state index contributed by atoms with van der Waals surface area (Å²) in [6.45, 7) is 0.432. The molecule has 0 aliphatic heterocycles. The Morgan fingerprint density at radius 1 is 1.11 bits per heavy atom. The van der Waals surface area contributed by atoms with Gasteiger partial charge in [-0.15, -0.1) is 0 Å². The topological polar surface area (TPSA) is 111 Å². The lowest BCUT2D eigenvalue weighted by molar-refractivity contribution is -0.115. The summed E-state index contributed by atoms with van der Waals surface area (Å²) in [6, 6.07) is 6.54. The Balaban J connectivity index is 1.82. The van der Waals surface area contributed by atoms with Crippen LogP contribution in [0.1, 0.15) is 32.1 Å². The van der Waals surface area contributed by atoms with E-state index in [1.807, 2.05) is 0 Å². The second-order valence-corrected chi connectivity index (χ2v) is 8.81. The van der Waals surface area contributed by atoms with Crippen molar-refractivity contribution in [2.45, 2.75) is 37.4 Å². The molecule has 0 unspecified atom stereocenters. The largest absolute Gasteiger partial charge is 0.447 e. The summed E-state index contributed by atoms with van der Waals surface area (Å²) in [6.07, 6.45) is 2.54. The highest BCUT2D eigenvalue weighted by molar-refractivity contribution is 7.92. The van der Waals surface area contributed by atoms with Gasteiger partial charge < -0.3 is 14.8 Å². The van der Waals surface area contributed by atoms with Crippen molar-refractivity contribution in [3.63, 3.8) is 0 Å². The predicted octanol–water partition coefficient (Wildman–Crippen LogP) is 2.57. The molecule has 0 spiro atoms. The molecule has 2 rings (SSSR count). The first kappa shape index (κ1) is 21.2. The van der Waals surface area contributed by atoms with Crippen LogP contribution in [0.2, 0.25) is 0 Å². The molecule has 2 amide bonds. The van der Waals surface area contributed by atoms with E-state index in [4.69, 9.17) is 9.47 Å². The summed E-state index contributed by atoms with van der Waals surface area (Å²) in [4.78, 5) is 23.7. The van der Waals surface area contributed by atoms with E-state index in [1.165, 1.54) is 7.11 Å². The molecule has 0 heterocycles. The number of anilines is 2. The van der Waals surface area contributed by atoms with Crippen LogP contribution in [0.4, 0.5) is 16.2 Å². The highest BCUT2D eigenvalue weighted by Crippen LogP contribution is 2.25. The number of amides is 2. The van der Waals surface area contributed by atoms with Crippen molar-refractivity contribution < 1.29 is 27.5 Å². The number of methoxy groups -OCH3 is 1. The summed E-state index contributed by atoms with van der Waals surface area (Å²) < 4.78 is 34.1. The Morgan fingerprint density at radius 3 is 2.44 bits per heavy atom. The smallest absolute Gasteiger partial charge is 0.411 e. The molecule has 1 aromatic carbocycles. The van der Waals surface area contributed by atoms with Crippen molar-refractivity contribution in [3.05, 3.63) is 24.3 Å². The van der Waals surface area contributed by atoms with Gasteiger partial charge in [-0.05, 0) is 31.0 Å². The van der Waals surface area contributed by atoms with Crippen molar-refractivity contribution in [1.29, 1.82) is 0 Å². The fraction of sp³-hybridized carbons (Fsp3) is 0.556. The standard InChI is InChI=1S/C18H26N2O6S/c1-25-10-11-26-18(22)20-15-6-4-5-14(13-15)19-17(21)9-12-27(23,24)16-7-2-3-8-16/h4-6,13,16H,2-3,7-12H2,1H3,(H,19,21)(H,20,22). The summed E-state index contributed by atoms with van der Waals surface area (Å²) in [7, 11) is -1.72. The summed E-state index contributed by atoms with van der Waals surface area (Å²) in [5.74, 6) is -0.524. The fourth-order valence-electron chi connectivity index (χ4n) is 2.92. The van der Waals surface area contributed by atoms with E-state index in [0.717, 1.165) is 12.8 Å². The third kappa shape index (κ3) is 7.18. The van der Waals surface area contributed by atoms with Crippen molar-refractivity contribution >= 4 is 33.2 Å². The summed E-state index contributed by atoms with van der Waals surface area (Å²) in [5, 5.41) is 4.90. The SMILES string of the molecule is COCCOC(=O)Nc1cccc(NC(=O)CCS(=O)(=O)C2CCCC2)c1. The van der Waals surface area contributed by atoms with Crippen LogP contribution in [0.15, 0.2) is 24.3 Å². The van der Waals surface area contributed by atoms with Gasteiger partial charge in [-0.3, -0.25) is 10.1 Å². The Bertz CT molecular complexity index is 744. The maximum Gasteiger partial charge on any atom is 0.411 e. The van der Waals surface area contributed by atoms with Crippen LogP contribution >= 0.6 is 0 Å². The predicted molar refractivity (Wildman–Crippen MR) is 103 cm³/mol. The van der Waals surface area contributed by atoms with Gasteiger partial charge >= 0.3 is 6.09 Å². The van der Waals surface area contributed by atoms with E-state index in [1.54, 1.807) is 24.3 Å². The Kier molecular flexibility index (Phi) is 8.05. The van der Waals surface area contributed by atoms with Gasteiger partial charge in [-0.2, -0.15) is 0 Å². The molecule has 1 aliphatic rings. The minimum Gasteiger partial charge on any atom is -0.447 e. The van der Waals surface area contributed by atoms with Gasteiger partial charge in [-0.1, -0.05) is 18.9 Å². The van der Waals surface area contributed by atoms with Crippen LogP contribution in [0.25, 0.3) is 0 Å². The normalized spacial score (nSPS) is 14.7. The molecule has 9 heteroatoms. The molecule has 1 saturated carbocycles. The molecule has 8 nitrogen and oxygen atoms in total. The third-order valence-corrected chi connectivity index (χ3v) is 6.60. The van der Waals surface area contributed by atoms with Gasteiger partial charge in [0.1, 0.15) is 6.61 Å². The Morgan fingerprint density at radius 2 is 1.78 bits per heavy atom. The molecular formula is C18H26N2O6S. The molecule has 0 bridgehead atoms. The number of sulfone groups is 1. The highest BCUT2D eigenvalue weighted by Gasteiger charge is 2.28. The van der Waals surface area contributed by atoms with Crippen LogP contribution in [0, 0.1) is 0 Å². The molecule has 0 radical (unpaired) electrons. The van der Waals surface area contributed by atoms with E-state index in [-0.39, 0.29) is 29.9 Å². The number of carbonyl (C=O) groups excluding carboxylic acids is 2.